The summed E-state index contributed by atoms with van der Waals surface area (Å²) >= 11 is 2.12. The van der Waals surface area contributed by atoms with Gasteiger partial charge < -0.3 is 19.9 Å². The fourth-order valence-electron chi connectivity index (χ4n) is 2.31. The Kier molecular flexibility index (Phi) is 14.4. The summed E-state index contributed by atoms with van der Waals surface area (Å²) in [4.78, 5) is 29.4. The van der Waals surface area contributed by atoms with E-state index in [-0.39, 0.29) is 18.2 Å². The highest BCUT2D eigenvalue weighted by molar-refractivity contribution is 14.1. The molecule has 0 saturated heterocycles. The molecule has 0 aliphatic heterocycles. The minimum atomic E-state index is -0.684. The van der Waals surface area contributed by atoms with Crippen LogP contribution in [0.1, 0.15) is 12.8 Å². The molecule has 2 aromatic rings. The summed E-state index contributed by atoms with van der Waals surface area (Å²) in [5, 5.41) is 6.63. The number of halogens is 1. The molecule has 1 aromatic heterocycles. The molecule has 0 aliphatic carbocycles. The standard InChI is InChI=1S/C20H26IN5O2S4/c21-26-16-5-1-2-6-17(16)31-29-13-11-23-18(27)9-8-15(22)20(28)25-12-14-30-32-19-7-3-4-10-24-19/h1-7,10,15,26H,8-9,11-14,22H2,(H,23,27)(H,25,28). The molecule has 2 rings (SSSR count). The number of benzene rings is 1. The molecule has 0 bridgehead atoms. The average molecular weight is 624 g/mol. The lowest BCUT2D eigenvalue weighted by Gasteiger charge is -2.12. The predicted molar refractivity (Wildman–Crippen MR) is 148 cm³/mol. The second-order valence-electron chi connectivity index (χ2n) is 6.36. The van der Waals surface area contributed by atoms with Gasteiger partial charge in [-0.1, -0.05) is 50.6 Å². The van der Waals surface area contributed by atoms with Gasteiger partial charge in [0, 0.05) is 42.1 Å². The third-order valence-corrected chi connectivity index (χ3v) is 9.20. The molecule has 1 heterocycles. The lowest BCUT2D eigenvalue weighted by molar-refractivity contribution is -0.123. The van der Waals surface area contributed by atoms with Crippen LogP contribution in [0.15, 0.2) is 58.6 Å². The number of hydrogen-bond acceptors (Lipinski definition) is 9. The number of carbonyl (C=O) groups is 2. The molecule has 12 heteroatoms. The van der Waals surface area contributed by atoms with E-state index in [1.54, 1.807) is 49.4 Å². The van der Waals surface area contributed by atoms with Gasteiger partial charge in [-0.15, -0.1) is 0 Å². The van der Waals surface area contributed by atoms with Crippen molar-refractivity contribution in [3.8, 4) is 0 Å². The molecule has 1 atom stereocenters. The van der Waals surface area contributed by atoms with Crippen molar-refractivity contribution in [2.75, 3.05) is 28.1 Å². The smallest absolute Gasteiger partial charge is 0.236 e. The van der Waals surface area contributed by atoms with Crippen LogP contribution in [0, 0.1) is 0 Å². The maximum absolute atomic E-state index is 12.1. The minimum Gasteiger partial charge on any atom is -0.355 e. The predicted octanol–water partition coefficient (Wildman–Crippen LogP) is 4.36. The zero-order chi connectivity index (χ0) is 23.0. The Morgan fingerprint density at radius 1 is 1.00 bits per heavy atom. The second kappa shape index (κ2) is 16.8. The number of para-hydroxylation sites is 1. The summed E-state index contributed by atoms with van der Waals surface area (Å²) in [5.74, 6) is 1.22. The summed E-state index contributed by atoms with van der Waals surface area (Å²) in [6.45, 7) is 1.09. The van der Waals surface area contributed by atoms with Crippen LogP contribution < -0.4 is 19.9 Å². The summed E-state index contributed by atoms with van der Waals surface area (Å²) in [6.07, 6.45) is 2.31. The van der Waals surface area contributed by atoms with E-state index < -0.39 is 6.04 Å². The van der Waals surface area contributed by atoms with E-state index in [2.05, 4.69) is 48.1 Å². The van der Waals surface area contributed by atoms with Gasteiger partial charge in [0.1, 0.15) is 5.03 Å². The molecular weight excluding hydrogens is 597 g/mol. The van der Waals surface area contributed by atoms with Gasteiger partial charge in [-0.3, -0.25) is 9.59 Å². The van der Waals surface area contributed by atoms with Crippen LogP contribution in [-0.2, 0) is 9.59 Å². The van der Waals surface area contributed by atoms with E-state index in [4.69, 9.17) is 5.73 Å². The highest BCUT2D eigenvalue weighted by Gasteiger charge is 2.14. The zero-order valence-corrected chi connectivity index (χ0v) is 22.7. The number of aromatic nitrogens is 1. The molecule has 1 aromatic carbocycles. The Morgan fingerprint density at radius 2 is 1.72 bits per heavy atom. The van der Waals surface area contributed by atoms with E-state index in [0.717, 1.165) is 27.1 Å². The van der Waals surface area contributed by atoms with Gasteiger partial charge in [0.15, 0.2) is 0 Å². The average Bonchev–Trinajstić information content (AvgIpc) is 2.82. The van der Waals surface area contributed by atoms with Crippen LogP contribution in [0.25, 0.3) is 0 Å². The maximum atomic E-state index is 12.1. The second-order valence-corrected chi connectivity index (χ2v) is 11.8. The van der Waals surface area contributed by atoms with Crippen molar-refractivity contribution in [2.45, 2.75) is 28.8 Å². The van der Waals surface area contributed by atoms with Crippen molar-refractivity contribution >= 4 is 83.5 Å². The van der Waals surface area contributed by atoms with Gasteiger partial charge >= 0.3 is 0 Å². The first-order chi connectivity index (χ1) is 15.6. The third-order valence-electron chi connectivity index (χ3n) is 3.93. The molecule has 32 heavy (non-hydrogen) atoms. The Labute approximate surface area is 218 Å². The molecule has 1 unspecified atom stereocenters. The zero-order valence-electron chi connectivity index (χ0n) is 17.3. The van der Waals surface area contributed by atoms with E-state index in [9.17, 15) is 9.59 Å². The SMILES string of the molecule is NC(CCC(=O)NCCSSc1ccccc1NI)C(=O)NCCSSc1ccccn1. The molecular formula is C20H26IN5O2S4. The fourth-order valence-corrected chi connectivity index (χ4v) is 6.80. The van der Waals surface area contributed by atoms with Gasteiger partial charge in [-0.05, 0) is 41.5 Å². The summed E-state index contributed by atoms with van der Waals surface area (Å²) < 4.78 is 3.13. The summed E-state index contributed by atoms with van der Waals surface area (Å²) in [6, 6.07) is 13.1. The topological polar surface area (TPSA) is 109 Å². The van der Waals surface area contributed by atoms with Crippen LogP contribution in [0.5, 0.6) is 0 Å². The summed E-state index contributed by atoms with van der Waals surface area (Å²) in [7, 11) is 6.54. The lowest BCUT2D eigenvalue weighted by atomic mass is 10.1. The number of nitrogens with zero attached hydrogens (tertiary/aromatic N) is 1. The quantitative estimate of drug-likeness (QED) is 0.0996. The fraction of sp³-hybridized carbons (Fsp3) is 0.350. The monoisotopic (exact) mass is 623 g/mol. The molecule has 7 nitrogen and oxygen atoms in total. The molecule has 174 valence electrons. The Bertz CT molecular complexity index is 835. The molecule has 0 radical (unpaired) electrons. The van der Waals surface area contributed by atoms with E-state index in [1.807, 2.05) is 36.4 Å². The number of anilines is 1. The third kappa shape index (κ3) is 11.4. The van der Waals surface area contributed by atoms with Crippen molar-refractivity contribution in [3.05, 3.63) is 48.7 Å². The number of rotatable bonds is 15. The van der Waals surface area contributed by atoms with Crippen molar-refractivity contribution < 1.29 is 9.59 Å². The summed E-state index contributed by atoms with van der Waals surface area (Å²) in [5.41, 5.74) is 6.99. The highest BCUT2D eigenvalue weighted by atomic mass is 127. The largest absolute Gasteiger partial charge is 0.355 e. The molecule has 0 saturated carbocycles. The molecule has 0 aliphatic rings. The van der Waals surface area contributed by atoms with Crippen LogP contribution >= 0.6 is 66.0 Å². The molecule has 2 amide bonds. The molecule has 5 N–H and O–H groups in total. The normalized spacial score (nSPS) is 11.6. The minimum absolute atomic E-state index is 0.0875. The number of pyridine rings is 1. The number of nitrogens with one attached hydrogen (secondary N) is 3. The highest BCUT2D eigenvalue weighted by Crippen LogP contribution is 2.36. The first kappa shape index (κ1) is 27.4. The van der Waals surface area contributed by atoms with E-state index in [1.165, 1.54) is 0 Å². The van der Waals surface area contributed by atoms with Crippen molar-refractivity contribution in [1.29, 1.82) is 0 Å². The van der Waals surface area contributed by atoms with Crippen molar-refractivity contribution in [2.24, 2.45) is 5.73 Å². The number of hydrogen-bond donors (Lipinski definition) is 4. The van der Waals surface area contributed by atoms with Gasteiger partial charge in [-0.2, -0.15) is 0 Å². The maximum Gasteiger partial charge on any atom is 0.236 e. The van der Waals surface area contributed by atoms with Crippen LogP contribution in [0.2, 0.25) is 0 Å². The Hall–Kier alpha value is -0.800. The first-order valence-corrected chi connectivity index (χ1v) is 15.6. The number of carbonyl (C=O) groups excluding carboxylic acids is 2. The first-order valence-electron chi connectivity index (χ1n) is 9.85. The van der Waals surface area contributed by atoms with Crippen LogP contribution in [0.4, 0.5) is 5.69 Å². The van der Waals surface area contributed by atoms with Crippen molar-refractivity contribution in [1.82, 2.24) is 15.6 Å². The van der Waals surface area contributed by atoms with Crippen LogP contribution in [-0.4, -0.2) is 47.4 Å². The van der Waals surface area contributed by atoms with E-state index >= 15 is 0 Å². The van der Waals surface area contributed by atoms with Gasteiger partial charge in [-0.25, -0.2) is 4.98 Å². The van der Waals surface area contributed by atoms with Gasteiger partial charge in [0.05, 0.1) is 34.6 Å². The Morgan fingerprint density at radius 3 is 2.47 bits per heavy atom. The van der Waals surface area contributed by atoms with Gasteiger partial charge in [0.2, 0.25) is 11.8 Å². The van der Waals surface area contributed by atoms with E-state index in [0.29, 0.717) is 19.5 Å². The van der Waals surface area contributed by atoms with Gasteiger partial charge in [0.25, 0.3) is 0 Å². The number of nitrogens with two attached hydrogens (primary N) is 1. The van der Waals surface area contributed by atoms with Crippen LogP contribution in [0.3, 0.4) is 0 Å². The Balaban J connectivity index is 1.49. The number of amides is 2. The molecule has 0 spiro atoms. The van der Waals surface area contributed by atoms with Crippen molar-refractivity contribution in [3.63, 3.8) is 0 Å². The lowest BCUT2D eigenvalue weighted by Crippen LogP contribution is -2.42. The molecule has 0 fully saturated rings.